The number of aliphatic carboxylic acids is 1. The number of hydrogen-bond donors (Lipinski definition) is 2. The smallest absolute Gasteiger partial charge is 0.313 e. The summed E-state index contributed by atoms with van der Waals surface area (Å²) in [7, 11) is 0. The summed E-state index contributed by atoms with van der Waals surface area (Å²) in [6.07, 6.45) is 0. The molecule has 0 aromatic heterocycles. The highest BCUT2D eigenvalue weighted by Gasteiger charge is 2.24. The molecule has 1 aliphatic rings. The van der Waals surface area contributed by atoms with Crippen LogP contribution in [-0.2, 0) is 4.79 Å². The molecule has 0 aliphatic carbocycles. The van der Waals surface area contributed by atoms with Crippen LogP contribution < -0.4 is 5.43 Å². The van der Waals surface area contributed by atoms with Crippen molar-refractivity contribution in [2.24, 2.45) is 10.1 Å². The van der Waals surface area contributed by atoms with E-state index in [1.165, 1.54) is 0 Å². The molecule has 0 spiro atoms. The number of aliphatic imine (C=N–C) groups is 1. The fourth-order valence-corrected chi connectivity index (χ4v) is 2.83. The van der Waals surface area contributed by atoms with E-state index in [1.54, 1.807) is 0 Å². The van der Waals surface area contributed by atoms with Gasteiger partial charge in [-0.2, -0.15) is 5.10 Å². The number of thioether (sulfide) groups is 1. The normalized spacial score (nSPS) is 17.0. The first-order valence-corrected chi connectivity index (χ1v) is 8.09. The number of carboxylic acids is 1. The van der Waals surface area contributed by atoms with Gasteiger partial charge in [-0.15, -0.1) is 0 Å². The standard InChI is InChI=1S/C17H15N3O2S/c21-14(22)11-23-17-18-15(12-7-3-1-4-8-12)16(19-20-17)13-9-5-2-6-10-13/h1-10,15H,11H2,(H,18,20)(H,21,22). The van der Waals surface area contributed by atoms with E-state index in [9.17, 15) is 4.79 Å². The number of benzene rings is 2. The highest BCUT2D eigenvalue weighted by Crippen LogP contribution is 2.26. The van der Waals surface area contributed by atoms with Crippen LogP contribution in [0.5, 0.6) is 0 Å². The highest BCUT2D eigenvalue weighted by atomic mass is 32.2. The number of carbonyl (C=O) groups is 1. The molecule has 1 heterocycles. The molecule has 2 aromatic rings. The zero-order chi connectivity index (χ0) is 16.1. The quantitative estimate of drug-likeness (QED) is 0.906. The van der Waals surface area contributed by atoms with Crippen molar-refractivity contribution in [3.8, 4) is 0 Å². The van der Waals surface area contributed by atoms with Gasteiger partial charge in [0.05, 0.1) is 11.5 Å². The summed E-state index contributed by atoms with van der Waals surface area (Å²) in [6.45, 7) is 0. The van der Waals surface area contributed by atoms with Crippen LogP contribution in [0.2, 0.25) is 0 Å². The Morgan fingerprint density at radius 1 is 1.09 bits per heavy atom. The molecule has 0 amide bonds. The summed E-state index contributed by atoms with van der Waals surface area (Å²) in [5.41, 5.74) is 5.68. The number of hydrazone groups is 1. The van der Waals surface area contributed by atoms with Crippen molar-refractivity contribution in [1.82, 2.24) is 5.43 Å². The number of carboxylic acid groups (broad SMARTS) is 1. The molecule has 1 aliphatic heterocycles. The summed E-state index contributed by atoms with van der Waals surface area (Å²) in [5, 5.41) is 13.8. The number of nitrogens with one attached hydrogen (secondary N) is 1. The Morgan fingerprint density at radius 2 is 1.74 bits per heavy atom. The molecule has 2 N–H and O–H groups in total. The van der Waals surface area contributed by atoms with Gasteiger partial charge in [0.1, 0.15) is 6.04 Å². The molecule has 23 heavy (non-hydrogen) atoms. The van der Waals surface area contributed by atoms with Crippen molar-refractivity contribution in [2.45, 2.75) is 6.04 Å². The van der Waals surface area contributed by atoms with Gasteiger partial charge < -0.3 is 5.11 Å². The van der Waals surface area contributed by atoms with Crippen LogP contribution in [-0.4, -0.2) is 27.7 Å². The molecule has 0 fully saturated rings. The summed E-state index contributed by atoms with van der Waals surface area (Å²) in [4.78, 5) is 15.4. The van der Waals surface area contributed by atoms with Gasteiger partial charge in [-0.25, -0.2) is 4.99 Å². The molecule has 1 atom stereocenters. The van der Waals surface area contributed by atoms with E-state index >= 15 is 0 Å². The predicted octanol–water partition coefficient (Wildman–Crippen LogP) is 2.91. The van der Waals surface area contributed by atoms with Crippen molar-refractivity contribution in [3.63, 3.8) is 0 Å². The molecule has 0 radical (unpaired) electrons. The molecule has 0 bridgehead atoms. The van der Waals surface area contributed by atoms with Gasteiger partial charge in [-0.3, -0.25) is 10.2 Å². The topological polar surface area (TPSA) is 74.0 Å². The minimum Gasteiger partial charge on any atom is -0.481 e. The van der Waals surface area contributed by atoms with Crippen LogP contribution in [0.1, 0.15) is 17.2 Å². The Bertz CT molecular complexity index is 745. The Kier molecular flexibility index (Phi) is 4.73. The van der Waals surface area contributed by atoms with Crippen molar-refractivity contribution in [3.05, 3.63) is 71.8 Å². The van der Waals surface area contributed by atoms with Crippen LogP contribution in [0.25, 0.3) is 0 Å². The molecular weight excluding hydrogens is 310 g/mol. The Labute approximate surface area is 138 Å². The SMILES string of the molecule is O=C(O)CSC1=NC(c2ccccc2)C(c2ccccc2)=NN1. The summed E-state index contributed by atoms with van der Waals surface area (Å²) in [5.74, 6) is -0.933. The first-order valence-electron chi connectivity index (χ1n) is 7.10. The van der Waals surface area contributed by atoms with Gasteiger partial charge >= 0.3 is 5.97 Å². The molecule has 0 saturated heterocycles. The lowest BCUT2D eigenvalue weighted by molar-refractivity contribution is -0.133. The third-order valence-electron chi connectivity index (χ3n) is 3.29. The number of hydrogen-bond acceptors (Lipinski definition) is 5. The Balaban J connectivity index is 1.93. The maximum absolute atomic E-state index is 10.7. The lowest BCUT2D eigenvalue weighted by atomic mass is 9.97. The zero-order valence-corrected chi connectivity index (χ0v) is 13.0. The minimum absolute atomic E-state index is 0.0521. The molecule has 116 valence electrons. The van der Waals surface area contributed by atoms with Crippen molar-refractivity contribution >= 4 is 28.6 Å². The first kappa shape index (κ1) is 15.3. The van der Waals surface area contributed by atoms with E-state index in [0.717, 1.165) is 28.6 Å². The van der Waals surface area contributed by atoms with Crippen molar-refractivity contribution < 1.29 is 9.90 Å². The number of amidine groups is 1. The average Bonchev–Trinajstić information content (AvgIpc) is 2.61. The molecule has 5 nitrogen and oxygen atoms in total. The largest absolute Gasteiger partial charge is 0.481 e. The molecule has 1 unspecified atom stereocenters. The second-order valence-corrected chi connectivity index (χ2v) is 5.87. The predicted molar refractivity (Wildman–Crippen MR) is 92.8 cm³/mol. The highest BCUT2D eigenvalue weighted by molar-refractivity contribution is 8.14. The zero-order valence-electron chi connectivity index (χ0n) is 12.2. The van der Waals surface area contributed by atoms with E-state index in [4.69, 9.17) is 5.11 Å². The second kappa shape index (κ2) is 7.11. The van der Waals surface area contributed by atoms with E-state index in [-0.39, 0.29) is 11.8 Å². The lowest BCUT2D eigenvalue weighted by Crippen LogP contribution is -2.28. The minimum atomic E-state index is -0.881. The third kappa shape index (κ3) is 3.78. The Morgan fingerprint density at radius 3 is 2.39 bits per heavy atom. The van der Waals surface area contributed by atoms with Gasteiger partial charge in [-0.1, -0.05) is 72.4 Å². The number of nitrogens with zero attached hydrogens (tertiary/aromatic N) is 2. The number of rotatable bonds is 4. The fraction of sp³-hybridized carbons (Fsp3) is 0.118. The monoisotopic (exact) mass is 325 g/mol. The first-order chi connectivity index (χ1) is 11.2. The van der Waals surface area contributed by atoms with Crippen molar-refractivity contribution in [2.75, 3.05) is 5.75 Å². The maximum Gasteiger partial charge on any atom is 0.313 e. The van der Waals surface area contributed by atoms with Crippen LogP contribution in [0.3, 0.4) is 0 Å². The summed E-state index contributed by atoms with van der Waals surface area (Å²) in [6, 6.07) is 19.5. The molecule has 0 saturated carbocycles. The van der Waals surface area contributed by atoms with Gasteiger partial charge in [0.2, 0.25) is 0 Å². The van der Waals surface area contributed by atoms with Gasteiger partial charge in [0, 0.05) is 5.56 Å². The van der Waals surface area contributed by atoms with Gasteiger partial charge in [0.25, 0.3) is 0 Å². The summed E-state index contributed by atoms with van der Waals surface area (Å²) < 4.78 is 0. The van der Waals surface area contributed by atoms with Crippen molar-refractivity contribution in [1.29, 1.82) is 0 Å². The van der Waals surface area contributed by atoms with Crippen LogP contribution >= 0.6 is 11.8 Å². The maximum atomic E-state index is 10.7. The molecular formula is C17H15N3O2S. The third-order valence-corrected chi connectivity index (χ3v) is 4.16. The van der Waals surface area contributed by atoms with E-state index in [1.807, 2.05) is 60.7 Å². The Hall–Kier alpha value is -2.60. The molecule has 2 aromatic carbocycles. The van der Waals surface area contributed by atoms with Gasteiger partial charge in [-0.05, 0) is 5.56 Å². The summed E-state index contributed by atoms with van der Waals surface area (Å²) >= 11 is 1.13. The van der Waals surface area contributed by atoms with E-state index < -0.39 is 5.97 Å². The fourth-order valence-electron chi connectivity index (χ4n) is 2.28. The molecule has 3 rings (SSSR count). The average molecular weight is 325 g/mol. The van der Waals surface area contributed by atoms with E-state index in [2.05, 4.69) is 15.5 Å². The van der Waals surface area contributed by atoms with E-state index in [0.29, 0.717) is 5.17 Å². The molecule has 6 heteroatoms. The van der Waals surface area contributed by atoms with Crippen LogP contribution in [0.15, 0.2) is 70.8 Å². The second-order valence-electron chi connectivity index (χ2n) is 4.90. The van der Waals surface area contributed by atoms with Gasteiger partial charge in [0.15, 0.2) is 5.17 Å². The lowest BCUT2D eigenvalue weighted by Gasteiger charge is -2.22. The van der Waals surface area contributed by atoms with Crippen LogP contribution in [0.4, 0.5) is 0 Å². The van der Waals surface area contributed by atoms with Crippen LogP contribution in [0, 0.1) is 0 Å².